The van der Waals surface area contributed by atoms with Crippen molar-refractivity contribution in [3.63, 3.8) is 0 Å². The van der Waals surface area contributed by atoms with Crippen molar-refractivity contribution in [3.8, 4) is 6.07 Å². The van der Waals surface area contributed by atoms with Gasteiger partial charge in [0, 0.05) is 18.8 Å². The van der Waals surface area contributed by atoms with Crippen LogP contribution in [0.4, 0.5) is 14.9 Å². The quantitative estimate of drug-likeness (QED) is 0.831. The molecule has 0 saturated heterocycles. The van der Waals surface area contributed by atoms with Crippen LogP contribution in [0.25, 0.3) is 0 Å². The zero-order chi connectivity index (χ0) is 15.2. The molecule has 0 aliphatic heterocycles. The summed E-state index contributed by atoms with van der Waals surface area (Å²) in [6, 6.07) is 5.94. The molecule has 1 aromatic rings. The lowest BCUT2D eigenvalue weighted by Crippen LogP contribution is -2.35. The van der Waals surface area contributed by atoms with Gasteiger partial charge in [0.2, 0.25) is 0 Å². The van der Waals surface area contributed by atoms with E-state index in [9.17, 15) is 9.18 Å². The van der Waals surface area contributed by atoms with Crippen molar-refractivity contribution in [1.29, 1.82) is 5.26 Å². The minimum atomic E-state index is -0.551. The van der Waals surface area contributed by atoms with Gasteiger partial charge in [-0.3, -0.25) is 0 Å². The Morgan fingerprint density at radius 2 is 2.10 bits per heavy atom. The molecule has 108 valence electrons. The third-order valence-corrected chi connectivity index (χ3v) is 2.21. The first-order chi connectivity index (χ1) is 9.31. The number of nitrogens with one attached hydrogen (secondary N) is 2. The van der Waals surface area contributed by atoms with Gasteiger partial charge in [-0.05, 0) is 39.0 Å². The van der Waals surface area contributed by atoms with Crippen LogP contribution in [0, 0.1) is 17.1 Å². The number of hydrogen-bond acceptors (Lipinski definition) is 4. The van der Waals surface area contributed by atoms with Gasteiger partial charge in [-0.1, -0.05) is 0 Å². The number of alkyl carbamates (subject to hydrolysis) is 1. The van der Waals surface area contributed by atoms with Crippen molar-refractivity contribution in [3.05, 3.63) is 29.6 Å². The van der Waals surface area contributed by atoms with E-state index in [1.807, 2.05) is 0 Å². The van der Waals surface area contributed by atoms with Gasteiger partial charge in [0.1, 0.15) is 17.5 Å². The Kier molecular flexibility index (Phi) is 5.32. The average molecular weight is 279 g/mol. The molecule has 5 nitrogen and oxygen atoms in total. The molecule has 0 bridgehead atoms. The van der Waals surface area contributed by atoms with Crippen LogP contribution in [0.2, 0.25) is 0 Å². The highest BCUT2D eigenvalue weighted by molar-refractivity contribution is 5.67. The fourth-order valence-corrected chi connectivity index (χ4v) is 1.41. The number of nitrogens with zero attached hydrogens (tertiary/aromatic N) is 1. The largest absolute Gasteiger partial charge is 0.444 e. The summed E-state index contributed by atoms with van der Waals surface area (Å²) in [6.45, 7) is 6.15. The lowest BCUT2D eigenvalue weighted by Gasteiger charge is -2.19. The number of carbonyl (C=O) groups is 1. The van der Waals surface area contributed by atoms with Crippen LogP contribution in [-0.4, -0.2) is 24.8 Å². The summed E-state index contributed by atoms with van der Waals surface area (Å²) in [7, 11) is 0. The summed E-state index contributed by atoms with van der Waals surface area (Å²) >= 11 is 0. The van der Waals surface area contributed by atoms with E-state index in [2.05, 4.69) is 10.6 Å². The molecule has 1 amide bonds. The Labute approximate surface area is 117 Å². The molecule has 20 heavy (non-hydrogen) atoms. The van der Waals surface area contributed by atoms with E-state index < -0.39 is 17.5 Å². The maximum absolute atomic E-state index is 13.1. The molecule has 1 rings (SSSR count). The van der Waals surface area contributed by atoms with E-state index in [1.165, 1.54) is 18.2 Å². The van der Waals surface area contributed by atoms with Crippen LogP contribution in [0.3, 0.4) is 0 Å². The Balaban J connectivity index is 2.35. The number of amides is 1. The van der Waals surface area contributed by atoms with Gasteiger partial charge in [-0.15, -0.1) is 0 Å². The topological polar surface area (TPSA) is 74.2 Å². The Morgan fingerprint density at radius 3 is 2.70 bits per heavy atom. The molecule has 0 aliphatic rings. The van der Waals surface area contributed by atoms with Gasteiger partial charge in [-0.2, -0.15) is 5.26 Å². The molecule has 0 unspecified atom stereocenters. The van der Waals surface area contributed by atoms with E-state index in [4.69, 9.17) is 10.00 Å². The van der Waals surface area contributed by atoms with Crippen molar-refractivity contribution in [2.75, 3.05) is 18.4 Å². The second-order valence-electron chi connectivity index (χ2n) is 5.16. The normalized spacial score (nSPS) is 10.6. The highest BCUT2D eigenvalue weighted by Gasteiger charge is 2.15. The van der Waals surface area contributed by atoms with Crippen LogP contribution >= 0.6 is 0 Å². The molecule has 0 spiro atoms. The molecule has 0 fully saturated rings. The fourth-order valence-electron chi connectivity index (χ4n) is 1.41. The van der Waals surface area contributed by atoms with Crippen LogP contribution < -0.4 is 10.6 Å². The molecule has 0 aliphatic carbocycles. The van der Waals surface area contributed by atoms with Crippen LogP contribution in [-0.2, 0) is 4.74 Å². The average Bonchev–Trinajstić information content (AvgIpc) is 2.34. The van der Waals surface area contributed by atoms with E-state index >= 15 is 0 Å². The summed E-state index contributed by atoms with van der Waals surface area (Å²) in [6.07, 6.45) is -0.490. The first-order valence-corrected chi connectivity index (χ1v) is 6.22. The summed E-state index contributed by atoms with van der Waals surface area (Å²) in [4.78, 5) is 11.4. The number of rotatable bonds is 4. The van der Waals surface area contributed by atoms with Gasteiger partial charge in [0.25, 0.3) is 0 Å². The minimum Gasteiger partial charge on any atom is -0.444 e. The van der Waals surface area contributed by atoms with Crippen molar-refractivity contribution >= 4 is 11.8 Å². The van der Waals surface area contributed by atoms with Gasteiger partial charge in [-0.25, -0.2) is 9.18 Å². The molecule has 0 heterocycles. The molecule has 2 N–H and O–H groups in total. The molecular weight excluding hydrogens is 261 g/mol. The summed E-state index contributed by atoms with van der Waals surface area (Å²) in [5, 5.41) is 14.3. The van der Waals surface area contributed by atoms with Crippen molar-refractivity contribution in [2.24, 2.45) is 0 Å². The third-order valence-electron chi connectivity index (χ3n) is 2.21. The molecule has 0 saturated carbocycles. The van der Waals surface area contributed by atoms with Crippen molar-refractivity contribution in [1.82, 2.24) is 5.32 Å². The predicted octanol–water partition coefficient (Wildman–Crippen LogP) is 2.63. The Hall–Kier alpha value is -2.29. The fraction of sp³-hybridized carbons (Fsp3) is 0.429. The molecule has 0 atom stereocenters. The zero-order valence-electron chi connectivity index (χ0n) is 11.8. The summed E-state index contributed by atoms with van der Waals surface area (Å²) in [5.74, 6) is -0.551. The van der Waals surface area contributed by atoms with Crippen molar-refractivity contribution in [2.45, 2.75) is 26.4 Å². The smallest absolute Gasteiger partial charge is 0.407 e. The number of anilines is 1. The lowest BCUT2D eigenvalue weighted by atomic mass is 10.2. The molecular formula is C14H18FN3O2. The van der Waals surface area contributed by atoms with Gasteiger partial charge >= 0.3 is 6.09 Å². The first-order valence-electron chi connectivity index (χ1n) is 6.22. The standard InChI is InChI=1S/C14H18FN3O2/c1-14(2,3)20-13(19)18-7-6-17-11-4-5-12(15)10(8-11)9-16/h4-5,8,17H,6-7H2,1-3H3,(H,18,19). The van der Waals surface area contributed by atoms with Crippen LogP contribution in [0.1, 0.15) is 26.3 Å². The SMILES string of the molecule is CC(C)(C)OC(=O)NCCNc1ccc(F)c(C#N)c1. The van der Waals surface area contributed by atoms with E-state index in [1.54, 1.807) is 26.8 Å². The Bertz CT molecular complexity index is 518. The second kappa shape index (κ2) is 6.75. The van der Waals surface area contributed by atoms with E-state index in [0.717, 1.165) is 0 Å². The van der Waals surface area contributed by atoms with E-state index in [0.29, 0.717) is 18.8 Å². The van der Waals surface area contributed by atoms with Crippen LogP contribution in [0.5, 0.6) is 0 Å². The molecule has 0 aromatic heterocycles. The summed E-state index contributed by atoms with van der Waals surface area (Å²) in [5.41, 5.74) is 0.0694. The monoisotopic (exact) mass is 279 g/mol. The number of carbonyl (C=O) groups excluding carboxylic acids is 1. The first kappa shape index (κ1) is 15.8. The molecule has 0 radical (unpaired) electrons. The van der Waals surface area contributed by atoms with Crippen LogP contribution in [0.15, 0.2) is 18.2 Å². The highest BCUT2D eigenvalue weighted by Crippen LogP contribution is 2.13. The number of halogens is 1. The maximum atomic E-state index is 13.1. The van der Waals surface area contributed by atoms with Gasteiger partial charge < -0.3 is 15.4 Å². The third kappa shape index (κ3) is 5.57. The number of nitriles is 1. The van der Waals surface area contributed by atoms with Gasteiger partial charge in [0.15, 0.2) is 0 Å². The van der Waals surface area contributed by atoms with Gasteiger partial charge in [0.05, 0.1) is 5.56 Å². The second-order valence-corrected chi connectivity index (χ2v) is 5.16. The number of hydrogen-bond donors (Lipinski definition) is 2. The Morgan fingerprint density at radius 1 is 1.40 bits per heavy atom. The lowest BCUT2D eigenvalue weighted by molar-refractivity contribution is 0.0530. The maximum Gasteiger partial charge on any atom is 0.407 e. The molecule has 6 heteroatoms. The minimum absolute atomic E-state index is 0.0184. The number of benzene rings is 1. The summed E-state index contributed by atoms with van der Waals surface area (Å²) < 4.78 is 18.2. The number of ether oxygens (including phenoxy) is 1. The highest BCUT2D eigenvalue weighted by atomic mass is 19.1. The zero-order valence-corrected chi connectivity index (χ0v) is 11.8. The van der Waals surface area contributed by atoms with Crippen molar-refractivity contribution < 1.29 is 13.9 Å². The predicted molar refractivity (Wildman–Crippen MR) is 73.8 cm³/mol. The van der Waals surface area contributed by atoms with E-state index in [-0.39, 0.29) is 5.56 Å². The molecule has 1 aromatic carbocycles.